The molecule has 2 heterocycles. The summed E-state index contributed by atoms with van der Waals surface area (Å²) in [6.07, 6.45) is 6.09. The van der Waals surface area contributed by atoms with Crippen molar-refractivity contribution in [3.63, 3.8) is 0 Å². The standard InChI is InChI=1S/C17H16N4O2/c22-16-8-15(13-9-18-10-19-17(13)21(16)23)20-14-7-3-5-11-4-1-2-6-12(11)14/h1-2,4,6,8-10,14,20,23H,3,5,7H2. The van der Waals surface area contributed by atoms with Gasteiger partial charge in [0.15, 0.2) is 5.65 Å². The van der Waals surface area contributed by atoms with E-state index in [2.05, 4.69) is 33.5 Å². The minimum absolute atomic E-state index is 0.136. The predicted octanol–water partition coefficient (Wildman–Crippen LogP) is 2.52. The first-order valence-corrected chi connectivity index (χ1v) is 7.63. The number of aromatic nitrogens is 3. The van der Waals surface area contributed by atoms with Crippen molar-refractivity contribution in [1.82, 2.24) is 14.7 Å². The van der Waals surface area contributed by atoms with Crippen LogP contribution < -0.4 is 10.9 Å². The summed E-state index contributed by atoms with van der Waals surface area (Å²) in [5.41, 5.74) is 2.95. The third-order valence-corrected chi connectivity index (χ3v) is 4.36. The molecule has 2 aromatic heterocycles. The van der Waals surface area contributed by atoms with E-state index in [4.69, 9.17) is 0 Å². The Balaban J connectivity index is 1.80. The fourth-order valence-electron chi connectivity index (χ4n) is 3.26. The SMILES string of the molecule is O=c1cc(NC2CCCc3ccccc32)c2cncnc2n1O. The van der Waals surface area contributed by atoms with E-state index in [-0.39, 0.29) is 11.7 Å². The highest BCUT2D eigenvalue weighted by atomic mass is 16.5. The summed E-state index contributed by atoms with van der Waals surface area (Å²) in [4.78, 5) is 20.0. The average molecular weight is 308 g/mol. The second kappa shape index (κ2) is 5.39. The maximum absolute atomic E-state index is 12.0. The number of aryl methyl sites for hydroxylation is 1. The van der Waals surface area contributed by atoms with E-state index in [0.29, 0.717) is 15.8 Å². The highest BCUT2D eigenvalue weighted by Crippen LogP contribution is 2.33. The molecule has 0 amide bonds. The van der Waals surface area contributed by atoms with Crippen LogP contribution in [0, 0.1) is 0 Å². The number of hydrogen-bond donors (Lipinski definition) is 2. The molecule has 1 aliphatic carbocycles. The molecule has 0 spiro atoms. The number of fused-ring (bicyclic) bond motifs is 2. The lowest BCUT2D eigenvalue weighted by Gasteiger charge is -2.27. The van der Waals surface area contributed by atoms with Crippen LogP contribution in [0.1, 0.15) is 30.0 Å². The summed E-state index contributed by atoms with van der Waals surface area (Å²) in [7, 11) is 0. The van der Waals surface area contributed by atoms with Crippen molar-refractivity contribution in [2.24, 2.45) is 0 Å². The van der Waals surface area contributed by atoms with Crippen LogP contribution in [0.2, 0.25) is 0 Å². The van der Waals surface area contributed by atoms with Gasteiger partial charge in [0.2, 0.25) is 0 Å². The van der Waals surface area contributed by atoms with Crippen molar-refractivity contribution in [2.45, 2.75) is 25.3 Å². The van der Waals surface area contributed by atoms with Crippen molar-refractivity contribution in [2.75, 3.05) is 5.32 Å². The van der Waals surface area contributed by atoms with E-state index < -0.39 is 5.56 Å². The van der Waals surface area contributed by atoms with E-state index in [9.17, 15) is 10.0 Å². The Labute approximate surface area is 132 Å². The van der Waals surface area contributed by atoms with Crippen LogP contribution in [0.15, 0.2) is 47.7 Å². The van der Waals surface area contributed by atoms with Crippen LogP contribution >= 0.6 is 0 Å². The molecule has 3 aromatic rings. The number of nitrogens with one attached hydrogen (secondary N) is 1. The van der Waals surface area contributed by atoms with Crippen molar-refractivity contribution >= 4 is 16.7 Å². The first-order valence-electron chi connectivity index (χ1n) is 7.63. The topological polar surface area (TPSA) is 80.0 Å². The van der Waals surface area contributed by atoms with Crippen molar-refractivity contribution < 1.29 is 5.21 Å². The Morgan fingerprint density at radius 2 is 2.17 bits per heavy atom. The molecule has 0 aliphatic heterocycles. The molecule has 2 N–H and O–H groups in total. The van der Waals surface area contributed by atoms with Crippen LogP contribution in [0.4, 0.5) is 5.69 Å². The molecule has 0 radical (unpaired) electrons. The molecule has 23 heavy (non-hydrogen) atoms. The molecule has 1 atom stereocenters. The Morgan fingerprint density at radius 1 is 1.30 bits per heavy atom. The fourth-order valence-corrected chi connectivity index (χ4v) is 3.26. The van der Waals surface area contributed by atoms with Gasteiger partial charge >= 0.3 is 0 Å². The van der Waals surface area contributed by atoms with Crippen LogP contribution in [0.5, 0.6) is 0 Å². The molecule has 0 bridgehead atoms. The molecule has 6 nitrogen and oxygen atoms in total. The van der Waals surface area contributed by atoms with E-state index in [1.165, 1.54) is 23.5 Å². The zero-order chi connectivity index (χ0) is 15.8. The summed E-state index contributed by atoms with van der Waals surface area (Å²) in [6.45, 7) is 0. The number of nitrogens with zero attached hydrogens (tertiary/aromatic N) is 3. The van der Waals surface area contributed by atoms with Crippen molar-refractivity contribution in [3.05, 3.63) is 64.3 Å². The molecular weight excluding hydrogens is 292 g/mol. The zero-order valence-electron chi connectivity index (χ0n) is 12.4. The predicted molar refractivity (Wildman–Crippen MR) is 86.7 cm³/mol. The molecule has 1 unspecified atom stereocenters. The summed E-state index contributed by atoms with van der Waals surface area (Å²) in [5, 5.41) is 13.9. The van der Waals surface area contributed by atoms with Crippen LogP contribution in [-0.4, -0.2) is 19.9 Å². The smallest absolute Gasteiger partial charge is 0.286 e. The lowest BCUT2D eigenvalue weighted by molar-refractivity contribution is 0.186. The second-order valence-electron chi connectivity index (χ2n) is 5.76. The van der Waals surface area contributed by atoms with E-state index >= 15 is 0 Å². The molecule has 4 rings (SSSR count). The third-order valence-electron chi connectivity index (χ3n) is 4.36. The first kappa shape index (κ1) is 13.8. The normalized spacial score (nSPS) is 17.0. The molecule has 1 aromatic carbocycles. The third kappa shape index (κ3) is 2.32. The molecular formula is C17H16N4O2. The first-order chi connectivity index (χ1) is 11.2. The van der Waals surface area contributed by atoms with Crippen LogP contribution in [-0.2, 0) is 6.42 Å². The van der Waals surface area contributed by atoms with Gasteiger partial charge in [-0.25, -0.2) is 9.97 Å². The quantitative estimate of drug-likeness (QED) is 0.711. The maximum Gasteiger partial charge on any atom is 0.286 e. The van der Waals surface area contributed by atoms with E-state index in [0.717, 1.165) is 19.3 Å². The maximum atomic E-state index is 12.0. The van der Waals surface area contributed by atoms with Crippen molar-refractivity contribution in [1.29, 1.82) is 0 Å². The van der Waals surface area contributed by atoms with Gasteiger partial charge in [-0.3, -0.25) is 4.79 Å². The largest absolute Gasteiger partial charge is 0.423 e. The summed E-state index contributed by atoms with van der Waals surface area (Å²) in [6, 6.07) is 9.89. The van der Waals surface area contributed by atoms with E-state index in [1.807, 2.05) is 6.07 Å². The Morgan fingerprint density at radius 3 is 3.09 bits per heavy atom. The number of benzene rings is 1. The zero-order valence-corrected chi connectivity index (χ0v) is 12.4. The Hall–Kier alpha value is -2.89. The average Bonchev–Trinajstić information content (AvgIpc) is 2.60. The lowest BCUT2D eigenvalue weighted by atomic mass is 9.87. The second-order valence-corrected chi connectivity index (χ2v) is 5.76. The molecule has 6 heteroatoms. The molecule has 116 valence electrons. The summed E-state index contributed by atoms with van der Waals surface area (Å²) < 4.78 is 0.553. The van der Waals surface area contributed by atoms with Crippen LogP contribution in [0.25, 0.3) is 11.0 Å². The minimum Gasteiger partial charge on any atom is -0.423 e. The van der Waals surface area contributed by atoms with E-state index in [1.54, 1.807) is 6.20 Å². The van der Waals surface area contributed by atoms with Gasteiger partial charge in [0.1, 0.15) is 6.33 Å². The van der Waals surface area contributed by atoms with Gasteiger partial charge in [0.05, 0.1) is 17.1 Å². The fraction of sp³-hybridized carbons (Fsp3) is 0.235. The molecule has 1 aliphatic rings. The Bertz CT molecular complexity index is 935. The number of pyridine rings is 1. The van der Waals surface area contributed by atoms with Crippen molar-refractivity contribution in [3.8, 4) is 0 Å². The Kier molecular flexibility index (Phi) is 3.22. The molecule has 0 fully saturated rings. The van der Waals surface area contributed by atoms with Gasteiger partial charge in [-0.1, -0.05) is 24.3 Å². The van der Waals surface area contributed by atoms with Gasteiger partial charge in [0.25, 0.3) is 5.56 Å². The molecule has 0 saturated heterocycles. The number of rotatable bonds is 2. The highest BCUT2D eigenvalue weighted by Gasteiger charge is 2.21. The lowest BCUT2D eigenvalue weighted by Crippen LogP contribution is -2.22. The highest BCUT2D eigenvalue weighted by molar-refractivity contribution is 5.88. The van der Waals surface area contributed by atoms with Gasteiger partial charge in [-0.05, 0) is 30.4 Å². The summed E-state index contributed by atoms with van der Waals surface area (Å²) >= 11 is 0. The minimum atomic E-state index is -0.511. The van der Waals surface area contributed by atoms with Gasteiger partial charge in [-0.2, -0.15) is 0 Å². The summed E-state index contributed by atoms with van der Waals surface area (Å²) in [5.74, 6) is 0. The van der Waals surface area contributed by atoms with Crippen LogP contribution in [0.3, 0.4) is 0 Å². The van der Waals surface area contributed by atoms with Gasteiger partial charge in [0, 0.05) is 12.3 Å². The van der Waals surface area contributed by atoms with Gasteiger partial charge in [-0.15, -0.1) is 4.73 Å². The monoisotopic (exact) mass is 308 g/mol. The number of hydrogen-bond acceptors (Lipinski definition) is 5. The van der Waals surface area contributed by atoms with Gasteiger partial charge < -0.3 is 10.5 Å². The number of anilines is 1. The molecule has 0 saturated carbocycles.